The predicted molar refractivity (Wildman–Crippen MR) is 83.3 cm³/mol. The zero-order chi connectivity index (χ0) is 14.3. The van der Waals surface area contributed by atoms with Gasteiger partial charge in [-0.3, -0.25) is 4.79 Å². The topological polar surface area (TPSA) is 32.3 Å². The normalized spacial score (nSPS) is 27.6. The van der Waals surface area contributed by atoms with E-state index in [9.17, 15) is 4.79 Å². The zero-order valence-corrected chi connectivity index (χ0v) is 12.8. The van der Waals surface area contributed by atoms with Crippen LogP contribution in [0.1, 0.15) is 25.7 Å². The van der Waals surface area contributed by atoms with E-state index < -0.39 is 0 Å². The number of nitrogens with zero attached hydrogens (tertiary/aromatic N) is 1. The number of carbonyl (C=O) groups is 1. The van der Waals surface area contributed by atoms with Crippen LogP contribution in [0, 0.1) is 17.8 Å². The molecule has 20 heavy (non-hydrogen) atoms. The molecular formula is C16H21ClN2O. The summed E-state index contributed by atoms with van der Waals surface area (Å²) in [5.41, 5.74) is 1.81. The summed E-state index contributed by atoms with van der Waals surface area (Å²) in [4.78, 5) is 14.5. The molecule has 2 aliphatic carbocycles. The quantitative estimate of drug-likeness (QED) is 0.919. The third-order valence-electron chi connectivity index (χ3n) is 4.77. The fourth-order valence-corrected chi connectivity index (χ4v) is 3.96. The van der Waals surface area contributed by atoms with Gasteiger partial charge in [-0.15, -0.1) is 0 Å². The molecule has 3 unspecified atom stereocenters. The van der Waals surface area contributed by atoms with Crippen molar-refractivity contribution in [2.45, 2.75) is 25.7 Å². The average Bonchev–Trinajstić information content (AvgIpc) is 3.00. The van der Waals surface area contributed by atoms with Crippen LogP contribution in [0.4, 0.5) is 11.4 Å². The second-order valence-corrected chi connectivity index (χ2v) is 6.76. The van der Waals surface area contributed by atoms with Crippen LogP contribution in [0.15, 0.2) is 18.2 Å². The van der Waals surface area contributed by atoms with Crippen LogP contribution in [0.25, 0.3) is 0 Å². The molecule has 0 saturated heterocycles. The summed E-state index contributed by atoms with van der Waals surface area (Å²) in [7, 11) is 3.94. The Bertz CT molecular complexity index is 529. The molecule has 0 radical (unpaired) electrons. The third kappa shape index (κ3) is 2.51. The van der Waals surface area contributed by atoms with Crippen molar-refractivity contribution in [3.05, 3.63) is 23.2 Å². The smallest absolute Gasteiger partial charge is 0.227 e. The number of benzene rings is 1. The van der Waals surface area contributed by atoms with Gasteiger partial charge in [0.15, 0.2) is 0 Å². The first-order chi connectivity index (χ1) is 9.54. The Morgan fingerprint density at radius 1 is 1.30 bits per heavy atom. The summed E-state index contributed by atoms with van der Waals surface area (Å²) in [6.45, 7) is 0. The average molecular weight is 293 g/mol. The van der Waals surface area contributed by atoms with Crippen LogP contribution >= 0.6 is 11.6 Å². The van der Waals surface area contributed by atoms with Gasteiger partial charge in [-0.2, -0.15) is 0 Å². The fourth-order valence-electron chi connectivity index (χ4n) is 3.79. The zero-order valence-electron chi connectivity index (χ0n) is 12.0. The Morgan fingerprint density at radius 2 is 2.10 bits per heavy atom. The van der Waals surface area contributed by atoms with Crippen molar-refractivity contribution in [2.24, 2.45) is 17.8 Å². The van der Waals surface area contributed by atoms with E-state index in [1.807, 2.05) is 37.2 Å². The molecule has 1 aromatic rings. The van der Waals surface area contributed by atoms with Gasteiger partial charge in [0.05, 0.1) is 11.4 Å². The van der Waals surface area contributed by atoms with Crippen molar-refractivity contribution in [2.75, 3.05) is 24.3 Å². The van der Waals surface area contributed by atoms with Gasteiger partial charge in [0.1, 0.15) is 0 Å². The van der Waals surface area contributed by atoms with Gasteiger partial charge in [-0.25, -0.2) is 0 Å². The lowest BCUT2D eigenvalue weighted by Gasteiger charge is -2.23. The first kappa shape index (κ1) is 13.7. The first-order valence-corrected chi connectivity index (χ1v) is 7.70. The molecule has 3 atom stereocenters. The van der Waals surface area contributed by atoms with E-state index in [1.165, 1.54) is 19.3 Å². The molecule has 0 aliphatic heterocycles. The molecular weight excluding hydrogens is 272 g/mol. The highest BCUT2D eigenvalue weighted by atomic mass is 35.5. The van der Waals surface area contributed by atoms with E-state index in [0.717, 1.165) is 23.7 Å². The fraction of sp³-hybridized carbons (Fsp3) is 0.562. The van der Waals surface area contributed by atoms with Crippen molar-refractivity contribution in [3.63, 3.8) is 0 Å². The minimum Gasteiger partial charge on any atom is -0.376 e. The minimum atomic E-state index is 0.169. The highest BCUT2D eigenvalue weighted by Crippen LogP contribution is 2.48. The molecule has 3 rings (SSSR count). The van der Waals surface area contributed by atoms with Crippen molar-refractivity contribution in [1.82, 2.24) is 0 Å². The number of amides is 1. The molecule has 108 valence electrons. The van der Waals surface area contributed by atoms with Gasteiger partial charge in [0.2, 0.25) is 5.91 Å². The molecule has 2 bridgehead atoms. The molecule has 1 amide bonds. The SMILES string of the molecule is CN(C)c1ccc(Cl)cc1NC(=O)C1CC2CCC1C2. The number of hydrogen-bond acceptors (Lipinski definition) is 2. The number of hydrogen-bond donors (Lipinski definition) is 1. The summed E-state index contributed by atoms with van der Waals surface area (Å²) in [6, 6.07) is 5.63. The Balaban J connectivity index is 1.77. The van der Waals surface area contributed by atoms with Gasteiger partial charge >= 0.3 is 0 Å². The van der Waals surface area contributed by atoms with E-state index in [-0.39, 0.29) is 11.8 Å². The van der Waals surface area contributed by atoms with Gasteiger partial charge < -0.3 is 10.2 Å². The first-order valence-electron chi connectivity index (χ1n) is 7.32. The number of halogens is 1. The highest BCUT2D eigenvalue weighted by Gasteiger charge is 2.43. The number of fused-ring (bicyclic) bond motifs is 2. The monoisotopic (exact) mass is 292 g/mol. The summed E-state index contributed by atoms with van der Waals surface area (Å²) in [5.74, 6) is 1.75. The molecule has 2 saturated carbocycles. The van der Waals surface area contributed by atoms with E-state index in [2.05, 4.69) is 5.32 Å². The second kappa shape index (κ2) is 5.28. The van der Waals surface area contributed by atoms with Crippen LogP contribution in [0.5, 0.6) is 0 Å². The standard InChI is InChI=1S/C16H21ClN2O/c1-19(2)15-6-5-12(17)9-14(15)18-16(20)13-8-10-3-4-11(13)7-10/h5-6,9-11,13H,3-4,7-8H2,1-2H3,(H,18,20). The van der Waals surface area contributed by atoms with Gasteiger partial charge in [-0.1, -0.05) is 18.0 Å². The number of anilines is 2. The Kier molecular flexibility index (Phi) is 3.63. The van der Waals surface area contributed by atoms with Gasteiger partial charge in [-0.05, 0) is 49.3 Å². The lowest BCUT2D eigenvalue weighted by atomic mass is 9.88. The van der Waals surface area contributed by atoms with E-state index >= 15 is 0 Å². The van der Waals surface area contributed by atoms with Gasteiger partial charge in [0, 0.05) is 25.0 Å². The molecule has 1 aromatic carbocycles. The molecule has 1 N–H and O–H groups in total. The lowest BCUT2D eigenvalue weighted by molar-refractivity contribution is -0.121. The molecule has 0 aromatic heterocycles. The minimum absolute atomic E-state index is 0.169. The summed E-state index contributed by atoms with van der Waals surface area (Å²) in [5, 5.41) is 3.75. The van der Waals surface area contributed by atoms with Crippen molar-refractivity contribution in [3.8, 4) is 0 Å². The summed E-state index contributed by atoms with van der Waals surface area (Å²) >= 11 is 6.06. The van der Waals surface area contributed by atoms with E-state index in [4.69, 9.17) is 11.6 Å². The van der Waals surface area contributed by atoms with Crippen molar-refractivity contribution < 1.29 is 4.79 Å². The van der Waals surface area contributed by atoms with Crippen LogP contribution in [-0.2, 0) is 4.79 Å². The van der Waals surface area contributed by atoms with Crippen LogP contribution in [0.2, 0.25) is 5.02 Å². The molecule has 4 heteroatoms. The Labute approximate surface area is 125 Å². The van der Waals surface area contributed by atoms with E-state index in [1.54, 1.807) is 0 Å². The summed E-state index contributed by atoms with van der Waals surface area (Å²) < 4.78 is 0. The Morgan fingerprint density at radius 3 is 2.70 bits per heavy atom. The lowest BCUT2D eigenvalue weighted by Crippen LogP contribution is -2.28. The molecule has 2 aliphatic rings. The summed E-state index contributed by atoms with van der Waals surface area (Å²) in [6.07, 6.45) is 4.84. The molecule has 0 heterocycles. The van der Waals surface area contributed by atoms with Crippen molar-refractivity contribution >= 4 is 28.9 Å². The molecule has 0 spiro atoms. The largest absolute Gasteiger partial charge is 0.376 e. The molecule has 2 fully saturated rings. The number of nitrogens with one attached hydrogen (secondary N) is 1. The van der Waals surface area contributed by atoms with Crippen molar-refractivity contribution in [1.29, 1.82) is 0 Å². The van der Waals surface area contributed by atoms with E-state index in [0.29, 0.717) is 10.9 Å². The highest BCUT2D eigenvalue weighted by molar-refractivity contribution is 6.31. The van der Waals surface area contributed by atoms with Crippen LogP contribution in [0.3, 0.4) is 0 Å². The number of rotatable bonds is 3. The second-order valence-electron chi connectivity index (χ2n) is 6.33. The predicted octanol–water partition coefficient (Wildman–Crippen LogP) is 3.78. The maximum absolute atomic E-state index is 12.5. The maximum atomic E-state index is 12.5. The Hall–Kier alpha value is -1.22. The van der Waals surface area contributed by atoms with Gasteiger partial charge in [0.25, 0.3) is 0 Å². The third-order valence-corrected chi connectivity index (χ3v) is 5.01. The van der Waals surface area contributed by atoms with Crippen LogP contribution < -0.4 is 10.2 Å². The molecule has 3 nitrogen and oxygen atoms in total. The van der Waals surface area contributed by atoms with Crippen LogP contribution in [-0.4, -0.2) is 20.0 Å². The number of carbonyl (C=O) groups excluding carboxylic acids is 1. The maximum Gasteiger partial charge on any atom is 0.227 e.